The third-order valence-corrected chi connectivity index (χ3v) is 2.18. The topological polar surface area (TPSA) is 57.5 Å². The summed E-state index contributed by atoms with van der Waals surface area (Å²) in [7, 11) is -4.06. The van der Waals surface area contributed by atoms with Gasteiger partial charge in [0.05, 0.1) is 0 Å². The van der Waals surface area contributed by atoms with Gasteiger partial charge in [0, 0.05) is 10.8 Å². The summed E-state index contributed by atoms with van der Waals surface area (Å²) < 4.78 is 10.3. The van der Waals surface area contributed by atoms with Crippen LogP contribution in [0.5, 0.6) is 0 Å². The van der Waals surface area contributed by atoms with E-state index < -0.39 is 7.60 Å². The van der Waals surface area contributed by atoms with E-state index in [-0.39, 0.29) is 5.03 Å². The van der Waals surface area contributed by atoms with Crippen molar-refractivity contribution in [2.45, 2.75) is 26.2 Å². The zero-order valence-electron chi connectivity index (χ0n) is 6.33. The van der Waals surface area contributed by atoms with Gasteiger partial charge in [0.25, 0.3) is 0 Å². The van der Waals surface area contributed by atoms with E-state index >= 15 is 0 Å². The van der Waals surface area contributed by atoms with Crippen molar-refractivity contribution in [1.82, 2.24) is 0 Å². The number of halogens is 1. The Hall–Kier alpha value is 0.180. The minimum atomic E-state index is -4.06. The number of unbranched alkanes of at least 4 members (excludes halogenated alkanes) is 1. The van der Waals surface area contributed by atoms with Crippen LogP contribution in [-0.2, 0) is 4.57 Å². The molecule has 3 nitrogen and oxygen atoms in total. The van der Waals surface area contributed by atoms with Gasteiger partial charge in [0.2, 0.25) is 0 Å². The molecule has 0 aromatic heterocycles. The molecule has 0 atom stereocenters. The van der Waals surface area contributed by atoms with Gasteiger partial charge in [0.15, 0.2) is 0 Å². The highest BCUT2D eigenvalue weighted by atomic mass is 35.5. The first kappa shape index (κ1) is 11.2. The van der Waals surface area contributed by atoms with E-state index in [1.165, 1.54) is 0 Å². The fourth-order valence-corrected chi connectivity index (χ4v) is 1.60. The Kier molecular flexibility index (Phi) is 5.02. The van der Waals surface area contributed by atoms with E-state index in [4.69, 9.17) is 21.4 Å². The lowest BCUT2D eigenvalue weighted by Gasteiger charge is -1.98. The SMILES string of the molecule is CCCC/C(Cl)=C/P(=O)(O)O. The van der Waals surface area contributed by atoms with Crippen molar-refractivity contribution in [3.05, 3.63) is 10.8 Å². The normalized spacial score (nSPS) is 13.6. The molecular formula is C6H12ClO3P. The smallest absolute Gasteiger partial charge is 0.321 e. The molecule has 0 saturated carbocycles. The highest BCUT2D eigenvalue weighted by Crippen LogP contribution is 2.39. The molecule has 0 fully saturated rings. The van der Waals surface area contributed by atoms with Gasteiger partial charge in [-0.2, -0.15) is 0 Å². The van der Waals surface area contributed by atoms with Gasteiger partial charge in [-0.1, -0.05) is 24.9 Å². The van der Waals surface area contributed by atoms with E-state index in [9.17, 15) is 4.57 Å². The Morgan fingerprint density at radius 1 is 1.64 bits per heavy atom. The first-order chi connectivity index (χ1) is 4.95. The molecular weight excluding hydrogens is 186 g/mol. The molecule has 0 aliphatic carbocycles. The first-order valence-corrected chi connectivity index (χ1v) is 5.44. The average Bonchev–Trinajstić information content (AvgIpc) is 1.79. The minimum absolute atomic E-state index is 0.250. The van der Waals surface area contributed by atoms with E-state index in [2.05, 4.69) is 0 Å². The molecule has 0 saturated heterocycles. The quantitative estimate of drug-likeness (QED) is 0.682. The molecule has 0 heterocycles. The second kappa shape index (κ2) is 4.94. The molecule has 0 spiro atoms. The molecule has 2 N–H and O–H groups in total. The van der Waals surface area contributed by atoms with Crippen molar-refractivity contribution in [3.8, 4) is 0 Å². The average molecular weight is 199 g/mol. The molecule has 0 radical (unpaired) electrons. The zero-order valence-corrected chi connectivity index (χ0v) is 7.98. The van der Waals surface area contributed by atoms with Crippen molar-refractivity contribution in [1.29, 1.82) is 0 Å². The first-order valence-electron chi connectivity index (χ1n) is 3.38. The van der Waals surface area contributed by atoms with Crippen molar-refractivity contribution in [2.75, 3.05) is 0 Å². The fraction of sp³-hybridized carbons (Fsp3) is 0.667. The van der Waals surface area contributed by atoms with Crippen LogP contribution >= 0.6 is 19.2 Å². The van der Waals surface area contributed by atoms with Crippen LogP contribution in [0.25, 0.3) is 0 Å². The summed E-state index contributed by atoms with van der Waals surface area (Å²) in [5, 5.41) is 0.250. The van der Waals surface area contributed by atoms with Crippen molar-refractivity contribution < 1.29 is 14.4 Å². The maximum Gasteiger partial charge on any atom is 0.350 e. The largest absolute Gasteiger partial charge is 0.350 e. The van der Waals surface area contributed by atoms with Crippen LogP contribution in [0.3, 0.4) is 0 Å². The lowest BCUT2D eigenvalue weighted by molar-refractivity contribution is 0.386. The molecule has 0 bridgehead atoms. The van der Waals surface area contributed by atoms with Crippen LogP contribution in [0, 0.1) is 0 Å². The van der Waals surface area contributed by atoms with Crippen molar-refractivity contribution in [3.63, 3.8) is 0 Å². The second-order valence-corrected chi connectivity index (χ2v) is 4.19. The third kappa shape index (κ3) is 8.08. The van der Waals surface area contributed by atoms with Gasteiger partial charge in [-0.3, -0.25) is 4.57 Å². The maximum atomic E-state index is 10.3. The lowest BCUT2D eigenvalue weighted by Crippen LogP contribution is -1.76. The fourth-order valence-electron chi connectivity index (χ4n) is 0.593. The van der Waals surface area contributed by atoms with Gasteiger partial charge in [-0.15, -0.1) is 0 Å². The Morgan fingerprint density at radius 3 is 2.55 bits per heavy atom. The summed E-state index contributed by atoms with van der Waals surface area (Å²) in [4.78, 5) is 16.9. The molecule has 0 unspecified atom stereocenters. The van der Waals surface area contributed by atoms with Gasteiger partial charge < -0.3 is 9.79 Å². The van der Waals surface area contributed by atoms with Crippen molar-refractivity contribution >= 4 is 19.2 Å². The summed E-state index contributed by atoms with van der Waals surface area (Å²) in [6.45, 7) is 1.99. The number of allylic oxidation sites excluding steroid dienone is 1. The molecule has 0 aromatic carbocycles. The van der Waals surface area contributed by atoms with E-state index in [0.29, 0.717) is 6.42 Å². The Balaban J connectivity index is 3.91. The van der Waals surface area contributed by atoms with Gasteiger partial charge in [-0.05, 0) is 12.8 Å². The summed E-state index contributed by atoms with van der Waals surface area (Å²) in [6, 6.07) is 0. The van der Waals surface area contributed by atoms with Gasteiger partial charge >= 0.3 is 7.60 Å². The Morgan fingerprint density at radius 2 is 2.18 bits per heavy atom. The minimum Gasteiger partial charge on any atom is -0.321 e. The molecule has 0 rings (SSSR count). The highest BCUT2D eigenvalue weighted by Gasteiger charge is 2.08. The van der Waals surface area contributed by atoms with E-state index in [1.54, 1.807) is 0 Å². The number of hydrogen-bond acceptors (Lipinski definition) is 1. The summed E-state index contributed by atoms with van der Waals surface area (Å²) in [5.74, 6) is 0.810. The van der Waals surface area contributed by atoms with Crippen LogP contribution < -0.4 is 0 Å². The summed E-state index contributed by atoms with van der Waals surface area (Å²) >= 11 is 5.51. The Bertz CT molecular complexity index is 184. The van der Waals surface area contributed by atoms with E-state index in [0.717, 1.165) is 18.7 Å². The lowest BCUT2D eigenvalue weighted by atomic mass is 10.2. The summed E-state index contributed by atoms with van der Waals surface area (Å²) in [5.41, 5.74) is 0. The molecule has 5 heteroatoms. The second-order valence-electron chi connectivity index (χ2n) is 2.27. The van der Waals surface area contributed by atoms with E-state index in [1.807, 2.05) is 6.92 Å². The van der Waals surface area contributed by atoms with Crippen LogP contribution in [0.15, 0.2) is 10.8 Å². The van der Waals surface area contributed by atoms with Crippen LogP contribution in [0.1, 0.15) is 26.2 Å². The Labute approximate surface area is 71.2 Å². The third-order valence-electron chi connectivity index (χ3n) is 1.08. The molecule has 0 aliphatic heterocycles. The zero-order chi connectivity index (χ0) is 8.91. The molecule has 11 heavy (non-hydrogen) atoms. The molecule has 0 aromatic rings. The van der Waals surface area contributed by atoms with Crippen LogP contribution in [0.4, 0.5) is 0 Å². The van der Waals surface area contributed by atoms with Crippen LogP contribution in [-0.4, -0.2) is 9.79 Å². The standard InChI is InChI=1S/C6H12ClO3P/c1-2-3-4-6(7)5-11(8,9)10/h5H,2-4H2,1H3,(H2,8,9,10)/b6-5-. The molecule has 0 aliphatic rings. The molecule has 0 amide bonds. The predicted molar refractivity (Wildman–Crippen MR) is 45.5 cm³/mol. The number of hydrogen-bond donors (Lipinski definition) is 2. The van der Waals surface area contributed by atoms with Gasteiger partial charge in [-0.25, -0.2) is 0 Å². The number of rotatable bonds is 4. The highest BCUT2D eigenvalue weighted by molar-refractivity contribution is 7.55. The predicted octanol–water partition coefficient (Wildman–Crippen LogP) is 2.43. The van der Waals surface area contributed by atoms with Crippen LogP contribution in [0.2, 0.25) is 0 Å². The maximum absolute atomic E-state index is 10.3. The van der Waals surface area contributed by atoms with Crippen molar-refractivity contribution in [2.24, 2.45) is 0 Å². The molecule has 66 valence electrons. The van der Waals surface area contributed by atoms with Gasteiger partial charge in [0.1, 0.15) is 0 Å². The monoisotopic (exact) mass is 198 g/mol. The summed E-state index contributed by atoms with van der Waals surface area (Å²) in [6.07, 6.45) is 2.36.